The van der Waals surface area contributed by atoms with Crippen molar-refractivity contribution in [2.75, 3.05) is 11.9 Å². The first-order valence-electron chi connectivity index (χ1n) is 8.69. The molecule has 2 aromatic carbocycles. The van der Waals surface area contributed by atoms with Crippen molar-refractivity contribution in [2.24, 2.45) is 5.16 Å². The number of carbonyl (C=O) groups is 1. The summed E-state index contributed by atoms with van der Waals surface area (Å²) >= 11 is 6.09. The summed E-state index contributed by atoms with van der Waals surface area (Å²) in [6.45, 7) is 2.28. The Morgan fingerprint density at radius 3 is 2.60 bits per heavy atom. The van der Waals surface area contributed by atoms with E-state index in [1.54, 1.807) is 42.6 Å². The van der Waals surface area contributed by atoms with Gasteiger partial charge in [0, 0.05) is 11.3 Å². The first kappa shape index (κ1) is 21.8. The Hall–Kier alpha value is -2.91. The van der Waals surface area contributed by atoms with E-state index < -0.39 is 22.7 Å². The number of hydrogen-bond donors (Lipinski definition) is 1. The number of halogens is 4. The van der Waals surface area contributed by atoms with E-state index in [0.29, 0.717) is 29.2 Å². The summed E-state index contributed by atoms with van der Waals surface area (Å²) < 4.78 is 39.1. The average molecular weight is 454 g/mol. The second-order valence-corrected chi connectivity index (χ2v) is 7.50. The summed E-state index contributed by atoms with van der Waals surface area (Å²) in [5.74, 6) is -0.931. The van der Waals surface area contributed by atoms with Gasteiger partial charge in [-0.05, 0) is 24.1 Å². The van der Waals surface area contributed by atoms with Crippen LogP contribution in [0.5, 0.6) is 0 Å². The zero-order valence-corrected chi connectivity index (χ0v) is 17.1. The number of amides is 1. The molecule has 0 saturated heterocycles. The van der Waals surface area contributed by atoms with Gasteiger partial charge in [-0.3, -0.25) is 4.79 Å². The molecule has 0 bridgehead atoms. The van der Waals surface area contributed by atoms with Crippen LogP contribution in [0.4, 0.5) is 18.9 Å². The van der Waals surface area contributed by atoms with E-state index in [9.17, 15) is 18.0 Å². The standard InChI is InChI=1S/C20H15ClF3N3O2S/c1-2-29-25-11-12-7-9-13(10-8-12)14-5-3-4-6-15(14)26-18(28)16-17(20(22,23)24)27-19(21)30-16/h3-11H,2H2,1H3,(H,26,28). The van der Waals surface area contributed by atoms with Crippen LogP contribution < -0.4 is 5.32 Å². The van der Waals surface area contributed by atoms with Crippen LogP contribution in [-0.4, -0.2) is 23.7 Å². The number of hydrogen-bond acceptors (Lipinski definition) is 5. The molecule has 156 valence electrons. The molecule has 0 saturated carbocycles. The van der Waals surface area contributed by atoms with Crippen molar-refractivity contribution in [1.82, 2.24) is 4.98 Å². The van der Waals surface area contributed by atoms with Crippen molar-refractivity contribution in [3.05, 3.63) is 69.1 Å². The molecule has 1 amide bonds. The Labute approximate surface area is 179 Å². The minimum absolute atomic E-state index is 0.356. The fourth-order valence-electron chi connectivity index (χ4n) is 2.58. The van der Waals surface area contributed by atoms with Gasteiger partial charge in [0.2, 0.25) is 0 Å². The van der Waals surface area contributed by atoms with Crippen molar-refractivity contribution >= 4 is 40.7 Å². The molecular formula is C20H15ClF3N3O2S. The normalized spacial score (nSPS) is 11.6. The van der Waals surface area contributed by atoms with Crippen LogP contribution in [0, 0.1) is 0 Å². The maximum absolute atomic E-state index is 13.1. The molecule has 1 N–H and O–H groups in total. The number of anilines is 1. The number of nitrogens with zero attached hydrogens (tertiary/aromatic N) is 2. The Morgan fingerprint density at radius 1 is 1.23 bits per heavy atom. The van der Waals surface area contributed by atoms with Gasteiger partial charge in [0.25, 0.3) is 5.91 Å². The van der Waals surface area contributed by atoms with Gasteiger partial charge >= 0.3 is 6.18 Å². The highest BCUT2D eigenvalue weighted by Crippen LogP contribution is 2.37. The summed E-state index contributed by atoms with van der Waals surface area (Å²) in [7, 11) is 0. The van der Waals surface area contributed by atoms with Crippen LogP contribution in [0.1, 0.15) is 27.9 Å². The average Bonchev–Trinajstić information content (AvgIpc) is 3.12. The number of rotatable bonds is 6. The number of alkyl halides is 3. The third-order valence-corrected chi connectivity index (χ3v) is 5.04. The van der Waals surface area contributed by atoms with Crippen LogP contribution in [-0.2, 0) is 11.0 Å². The van der Waals surface area contributed by atoms with E-state index in [-0.39, 0.29) is 4.47 Å². The molecule has 30 heavy (non-hydrogen) atoms. The maximum atomic E-state index is 13.1. The number of oxime groups is 1. The molecule has 0 aliphatic heterocycles. The summed E-state index contributed by atoms with van der Waals surface area (Å²) in [5, 5.41) is 6.33. The van der Waals surface area contributed by atoms with Gasteiger partial charge in [0.05, 0.1) is 6.21 Å². The number of thiazole rings is 1. The minimum Gasteiger partial charge on any atom is -0.396 e. The van der Waals surface area contributed by atoms with Gasteiger partial charge in [-0.25, -0.2) is 4.98 Å². The van der Waals surface area contributed by atoms with Gasteiger partial charge in [-0.1, -0.05) is 70.6 Å². The monoisotopic (exact) mass is 453 g/mol. The molecule has 5 nitrogen and oxygen atoms in total. The molecular weight excluding hydrogens is 439 g/mol. The van der Waals surface area contributed by atoms with E-state index >= 15 is 0 Å². The van der Waals surface area contributed by atoms with E-state index in [1.807, 2.05) is 19.1 Å². The number of aromatic nitrogens is 1. The molecule has 1 heterocycles. The summed E-state index contributed by atoms with van der Waals surface area (Å²) in [6.07, 6.45) is -3.22. The highest BCUT2D eigenvalue weighted by atomic mass is 35.5. The Bertz CT molecular complexity index is 1070. The molecule has 3 rings (SSSR count). The van der Waals surface area contributed by atoms with Crippen LogP contribution in [0.2, 0.25) is 4.47 Å². The van der Waals surface area contributed by atoms with Crippen LogP contribution in [0.25, 0.3) is 11.1 Å². The highest BCUT2D eigenvalue weighted by molar-refractivity contribution is 7.17. The fourth-order valence-corrected chi connectivity index (χ4v) is 3.61. The van der Waals surface area contributed by atoms with Gasteiger partial charge in [0.1, 0.15) is 11.5 Å². The molecule has 10 heteroatoms. The van der Waals surface area contributed by atoms with Gasteiger partial charge < -0.3 is 10.2 Å². The first-order chi connectivity index (χ1) is 14.3. The van der Waals surface area contributed by atoms with Crippen molar-refractivity contribution < 1.29 is 22.8 Å². The molecule has 0 fully saturated rings. The van der Waals surface area contributed by atoms with E-state index in [4.69, 9.17) is 16.4 Å². The van der Waals surface area contributed by atoms with Crippen molar-refractivity contribution in [1.29, 1.82) is 0 Å². The maximum Gasteiger partial charge on any atom is 0.435 e. The third-order valence-electron chi connectivity index (χ3n) is 3.88. The molecule has 0 unspecified atom stereocenters. The summed E-state index contributed by atoms with van der Waals surface area (Å²) in [5.41, 5.74) is 1.27. The smallest absolute Gasteiger partial charge is 0.396 e. The van der Waals surface area contributed by atoms with Crippen LogP contribution in [0.3, 0.4) is 0 Å². The summed E-state index contributed by atoms with van der Waals surface area (Å²) in [6, 6.07) is 14.0. The quantitative estimate of drug-likeness (QED) is 0.362. The van der Waals surface area contributed by atoms with Crippen molar-refractivity contribution in [3.8, 4) is 11.1 Å². The van der Waals surface area contributed by atoms with Crippen molar-refractivity contribution in [3.63, 3.8) is 0 Å². The Kier molecular flexibility index (Phi) is 6.73. The minimum atomic E-state index is -4.78. The molecule has 0 aliphatic rings. The molecule has 1 aromatic heterocycles. The number of carbonyl (C=O) groups excluding carboxylic acids is 1. The van der Waals surface area contributed by atoms with Crippen LogP contribution in [0.15, 0.2) is 53.7 Å². The predicted octanol–water partition coefficient (Wildman–Crippen LogP) is 6.11. The van der Waals surface area contributed by atoms with Crippen LogP contribution >= 0.6 is 22.9 Å². The first-order valence-corrected chi connectivity index (χ1v) is 9.88. The topological polar surface area (TPSA) is 63.6 Å². The fraction of sp³-hybridized carbons (Fsp3) is 0.150. The lowest BCUT2D eigenvalue weighted by atomic mass is 10.0. The van der Waals surface area contributed by atoms with Gasteiger partial charge in [0.15, 0.2) is 10.2 Å². The van der Waals surface area contributed by atoms with Crippen molar-refractivity contribution in [2.45, 2.75) is 13.1 Å². The Morgan fingerprint density at radius 2 is 1.93 bits per heavy atom. The summed E-state index contributed by atoms with van der Waals surface area (Å²) in [4.78, 5) is 20.1. The Balaban J connectivity index is 1.87. The third kappa shape index (κ3) is 5.17. The lowest BCUT2D eigenvalue weighted by Gasteiger charge is -2.12. The number of para-hydroxylation sites is 1. The zero-order valence-electron chi connectivity index (χ0n) is 15.5. The van der Waals surface area contributed by atoms with E-state index in [2.05, 4.69) is 15.5 Å². The molecule has 0 spiro atoms. The number of benzene rings is 2. The lowest BCUT2D eigenvalue weighted by molar-refractivity contribution is -0.141. The zero-order chi connectivity index (χ0) is 21.7. The number of nitrogens with one attached hydrogen (secondary N) is 1. The molecule has 0 atom stereocenters. The van der Waals surface area contributed by atoms with Gasteiger partial charge in [-0.2, -0.15) is 13.2 Å². The molecule has 0 aliphatic carbocycles. The second-order valence-electron chi connectivity index (χ2n) is 5.92. The molecule has 3 aromatic rings. The SMILES string of the molecule is CCON=Cc1ccc(-c2ccccc2NC(=O)c2sc(Cl)nc2C(F)(F)F)cc1. The predicted molar refractivity (Wildman–Crippen MR) is 111 cm³/mol. The lowest BCUT2D eigenvalue weighted by Crippen LogP contribution is -2.17. The molecule has 0 radical (unpaired) electrons. The largest absolute Gasteiger partial charge is 0.435 e. The van der Waals surface area contributed by atoms with Gasteiger partial charge in [-0.15, -0.1) is 0 Å². The highest BCUT2D eigenvalue weighted by Gasteiger charge is 2.39. The van der Waals surface area contributed by atoms with E-state index in [1.165, 1.54) is 0 Å². The second kappa shape index (κ2) is 9.27. The van der Waals surface area contributed by atoms with E-state index in [0.717, 1.165) is 11.1 Å².